The average Bonchev–Trinajstić information content (AvgIpc) is 2.74. The summed E-state index contributed by atoms with van der Waals surface area (Å²) in [6.45, 7) is 6.32. The van der Waals surface area contributed by atoms with Crippen LogP contribution in [-0.2, 0) is 4.79 Å². The molecule has 1 unspecified atom stereocenters. The van der Waals surface area contributed by atoms with Crippen molar-refractivity contribution in [3.8, 4) is 0 Å². The van der Waals surface area contributed by atoms with Gasteiger partial charge in [-0.3, -0.25) is 0 Å². The molecule has 0 aromatic heterocycles. The van der Waals surface area contributed by atoms with E-state index in [1.54, 1.807) is 0 Å². The molecule has 3 rings (SSSR count). The first-order chi connectivity index (χ1) is 14.6. The average molecular weight is 471 g/mol. The summed E-state index contributed by atoms with van der Waals surface area (Å²) in [5.41, 5.74) is 5.39. The van der Waals surface area contributed by atoms with Crippen molar-refractivity contribution in [1.29, 1.82) is 0 Å². The zero-order valence-electron chi connectivity index (χ0n) is 18.0. The fourth-order valence-electron chi connectivity index (χ4n) is 4.58. The monoisotopic (exact) mass is 470 g/mol. The minimum atomic E-state index is -3.93. The van der Waals surface area contributed by atoms with Crippen molar-refractivity contribution < 1.29 is 9.59 Å². The fourth-order valence-corrected chi connectivity index (χ4v) is 21.1. The molecule has 3 aromatic rings. The minimum absolute atomic E-state index is 0.420. The van der Waals surface area contributed by atoms with Crippen LogP contribution in [0.2, 0.25) is 19.6 Å². The van der Waals surface area contributed by atoms with E-state index >= 15 is 0 Å². The number of nitrogens with one attached hydrogen (secondary N) is 1. The van der Waals surface area contributed by atoms with Gasteiger partial charge in [-0.25, -0.2) is 0 Å². The second kappa shape index (κ2) is 8.58. The van der Waals surface area contributed by atoms with Gasteiger partial charge in [-0.05, 0) is 0 Å². The summed E-state index contributed by atoms with van der Waals surface area (Å²) in [5.74, 6) is -4.35. The number of imide groups is 1. The number of benzene rings is 3. The molecule has 31 heavy (non-hydrogen) atoms. The fraction of sp³-hybridized carbons (Fsp3) is 0.167. The van der Waals surface area contributed by atoms with Gasteiger partial charge in [0.05, 0.1) is 0 Å². The summed E-state index contributed by atoms with van der Waals surface area (Å²) in [7, 11) is -2.37. The van der Waals surface area contributed by atoms with Gasteiger partial charge in [-0.1, -0.05) is 0 Å². The molecule has 0 aliphatic rings. The first kappa shape index (κ1) is 23.2. The van der Waals surface area contributed by atoms with Crippen LogP contribution in [0.15, 0.2) is 91.0 Å². The maximum atomic E-state index is 13.7. The Morgan fingerprint density at radius 3 is 1.35 bits per heavy atom. The molecular formula is C24H28ClN2O2PSi. The zero-order valence-corrected chi connectivity index (χ0v) is 20.6. The van der Waals surface area contributed by atoms with Crippen LogP contribution in [0.3, 0.4) is 0 Å². The third-order valence-electron chi connectivity index (χ3n) is 5.58. The van der Waals surface area contributed by atoms with Crippen LogP contribution in [-0.4, -0.2) is 25.3 Å². The Balaban J connectivity index is 2.57. The number of urea groups is 1. The standard InChI is InChI=1S/C24H28ClN2O2PSi/c1-31(2,3)23(22(28)27-24(26)29)30(25,19-13-7-4-8-14-19,20-15-9-5-10-16-20)21-17-11-6-12-18-21/h4-18,23H,1-3H3,(H3,26,27,28,29). The van der Waals surface area contributed by atoms with Gasteiger partial charge >= 0.3 is 190 Å². The van der Waals surface area contributed by atoms with Crippen molar-refractivity contribution in [2.24, 2.45) is 5.73 Å². The van der Waals surface area contributed by atoms with Crippen LogP contribution in [0.4, 0.5) is 4.79 Å². The van der Waals surface area contributed by atoms with Crippen LogP contribution in [0, 0.1) is 0 Å². The molecule has 0 spiro atoms. The Hall–Kier alpha value is -2.46. The van der Waals surface area contributed by atoms with Crippen LogP contribution in [0.25, 0.3) is 0 Å². The number of nitrogens with two attached hydrogens (primary N) is 1. The van der Waals surface area contributed by atoms with Crippen molar-refractivity contribution in [2.45, 2.75) is 24.9 Å². The van der Waals surface area contributed by atoms with Gasteiger partial charge in [0.25, 0.3) is 0 Å². The summed E-state index contributed by atoms with van der Waals surface area (Å²) in [4.78, 5) is 25.5. The summed E-state index contributed by atoms with van der Waals surface area (Å²) in [5, 5.41) is 4.40. The van der Waals surface area contributed by atoms with Gasteiger partial charge in [-0.2, -0.15) is 0 Å². The van der Waals surface area contributed by atoms with E-state index in [4.69, 9.17) is 17.0 Å². The van der Waals surface area contributed by atoms with Crippen LogP contribution < -0.4 is 27.0 Å². The number of halogens is 1. The van der Waals surface area contributed by atoms with Gasteiger partial charge in [0.15, 0.2) is 0 Å². The number of carbonyl (C=O) groups excluding carboxylic acids is 2. The number of carbonyl (C=O) groups is 2. The molecule has 0 aliphatic heterocycles. The van der Waals surface area contributed by atoms with Crippen LogP contribution >= 0.6 is 17.2 Å². The van der Waals surface area contributed by atoms with Gasteiger partial charge in [0, 0.05) is 0 Å². The molecule has 7 heteroatoms. The Kier molecular flexibility index (Phi) is 6.42. The third kappa shape index (κ3) is 3.94. The molecule has 0 radical (unpaired) electrons. The molecule has 0 fully saturated rings. The number of hydrogen-bond acceptors (Lipinski definition) is 2. The Morgan fingerprint density at radius 1 is 0.774 bits per heavy atom. The topological polar surface area (TPSA) is 72.2 Å². The van der Waals surface area contributed by atoms with E-state index in [-0.39, 0.29) is 0 Å². The van der Waals surface area contributed by atoms with E-state index < -0.39 is 31.3 Å². The predicted molar refractivity (Wildman–Crippen MR) is 136 cm³/mol. The van der Waals surface area contributed by atoms with Crippen molar-refractivity contribution in [3.63, 3.8) is 0 Å². The molecular weight excluding hydrogens is 443 g/mol. The molecule has 3 aromatic carbocycles. The van der Waals surface area contributed by atoms with E-state index in [2.05, 4.69) is 25.0 Å². The van der Waals surface area contributed by atoms with E-state index in [1.165, 1.54) is 0 Å². The molecule has 1 atom stereocenters. The summed E-state index contributed by atoms with van der Waals surface area (Å²) in [6, 6.07) is 28.6. The van der Waals surface area contributed by atoms with E-state index in [9.17, 15) is 9.59 Å². The van der Waals surface area contributed by atoms with Crippen molar-refractivity contribution in [2.75, 3.05) is 0 Å². The Morgan fingerprint density at radius 2 is 1.10 bits per heavy atom. The van der Waals surface area contributed by atoms with Crippen molar-refractivity contribution in [3.05, 3.63) is 91.0 Å². The Bertz CT molecular complexity index is 974. The SMILES string of the molecule is C[Si](C)(C)C(C(=O)NC(N)=O)P(Cl)(c1ccccc1)(c1ccccc1)c1ccccc1. The van der Waals surface area contributed by atoms with Gasteiger partial charge in [0.1, 0.15) is 0 Å². The Labute approximate surface area is 189 Å². The second-order valence-corrected chi connectivity index (χ2v) is 20.8. The first-order valence-electron chi connectivity index (χ1n) is 10.1. The molecule has 3 N–H and O–H groups in total. The number of amides is 3. The quantitative estimate of drug-likeness (QED) is 0.420. The van der Waals surface area contributed by atoms with Crippen LogP contribution in [0.1, 0.15) is 0 Å². The third-order valence-corrected chi connectivity index (χ3v) is 19.3. The van der Waals surface area contributed by atoms with E-state index in [0.717, 1.165) is 15.9 Å². The van der Waals surface area contributed by atoms with E-state index in [0.29, 0.717) is 0 Å². The van der Waals surface area contributed by atoms with Gasteiger partial charge in [-0.15, -0.1) is 0 Å². The molecule has 0 saturated heterocycles. The summed E-state index contributed by atoms with van der Waals surface area (Å²) in [6.07, 6.45) is 0. The molecule has 0 saturated carbocycles. The molecule has 162 valence electrons. The molecule has 0 aliphatic carbocycles. The first-order valence-corrected chi connectivity index (χ1v) is 16.9. The molecule has 4 nitrogen and oxygen atoms in total. The van der Waals surface area contributed by atoms with E-state index in [1.807, 2.05) is 91.0 Å². The van der Waals surface area contributed by atoms with Crippen molar-refractivity contribution in [1.82, 2.24) is 5.32 Å². The molecule has 3 amide bonds. The number of hydrogen-bond donors (Lipinski definition) is 2. The van der Waals surface area contributed by atoms with Crippen LogP contribution in [0.5, 0.6) is 0 Å². The second-order valence-electron chi connectivity index (χ2n) is 8.70. The predicted octanol–water partition coefficient (Wildman–Crippen LogP) is 4.11. The van der Waals surface area contributed by atoms with Crippen molar-refractivity contribution >= 4 is 53.1 Å². The normalized spacial score (nSPS) is 14.1. The number of rotatable bonds is 6. The van der Waals surface area contributed by atoms with Gasteiger partial charge in [0.2, 0.25) is 0 Å². The molecule has 0 bridgehead atoms. The molecule has 0 heterocycles. The summed E-state index contributed by atoms with van der Waals surface area (Å²) >= 11 is 8.16. The summed E-state index contributed by atoms with van der Waals surface area (Å²) < 4.78 is 0. The number of primary amides is 1. The van der Waals surface area contributed by atoms with Gasteiger partial charge < -0.3 is 0 Å². The zero-order chi connectivity index (χ0) is 22.7. The maximum absolute atomic E-state index is 13.7.